The topological polar surface area (TPSA) is 132 Å². The van der Waals surface area contributed by atoms with Gasteiger partial charge in [-0.05, 0) is 6.42 Å². The van der Waals surface area contributed by atoms with E-state index in [1.807, 2.05) is 0 Å². The number of carbonyl (C=O) groups is 1. The highest BCUT2D eigenvalue weighted by Gasteiger charge is 2.46. The molecule has 0 spiro atoms. The average molecular weight is 357 g/mol. The van der Waals surface area contributed by atoms with Gasteiger partial charge in [-0.25, -0.2) is 4.79 Å². The quantitative estimate of drug-likeness (QED) is 0.253. The molecule has 1 unspecified atom stereocenters. The van der Waals surface area contributed by atoms with Gasteiger partial charge in [-0.1, -0.05) is 0 Å². The minimum absolute atomic E-state index is 0.185. The maximum absolute atomic E-state index is 12.2. The van der Waals surface area contributed by atoms with Gasteiger partial charge in [-0.3, -0.25) is 4.90 Å². The molecule has 1 rings (SSSR count). The number of methoxy groups -OCH3 is 1. The van der Waals surface area contributed by atoms with Crippen molar-refractivity contribution in [2.24, 2.45) is 0 Å². The summed E-state index contributed by atoms with van der Waals surface area (Å²) in [5, 5.41) is 41.6. The van der Waals surface area contributed by atoms with E-state index in [0.29, 0.717) is 13.0 Å². The van der Waals surface area contributed by atoms with Gasteiger partial charge in [0.15, 0.2) is 6.23 Å². The Morgan fingerprint density at radius 2 is 2.00 bits per heavy atom. The lowest BCUT2D eigenvalue weighted by molar-refractivity contribution is -0.257. The normalized spacial score (nSPS) is 31.0. The second-order valence-electron chi connectivity index (χ2n) is 5.18. The van der Waals surface area contributed by atoms with Gasteiger partial charge in [-0.15, -0.1) is 11.6 Å². The van der Waals surface area contributed by atoms with Crippen molar-refractivity contribution in [3.63, 3.8) is 0 Å². The van der Waals surface area contributed by atoms with E-state index in [1.54, 1.807) is 0 Å². The molecule has 136 valence electrons. The lowest BCUT2D eigenvalue weighted by Gasteiger charge is -2.44. The first-order chi connectivity index (χ1) is 11.0. The third-order valence-electron chi connectivity index (χ3n) is 3.55. The fourth-order valence-electron chi connectivity index (χ4n) is 2.32. The molecule has 2 amide bonds. The van der Waals surface area contributed by atoms with Crippen LogP contribution >= 0.6 is 11.6 Å². The highest BCUT2D eigenvalue weighted by molar-refractivity contribution is 6.18. The summed E-state index contributed by atoms with van der Waals surface area (Å²) >= 11 is 5.54. The van der Waals surface area contributed by atoms with Crippen LogP contribution in [0.4, 0.5) is 4.79 Å². The van der Waals surface area contributed by atoms with E-state index < -0.39 is 43.3 Å². The van der Waals surface area contributed by atoms with Crippen LogP contribution in [0.15, 0.2) is 0 Å². The minimum atomic E-state index is -1.54. The summed E-state index contributed by atoms with van der Waals surface area (Å²) in [6.45, 7) is 0.233. The third-order valence-corrected chi connectivity index (χ3v) is 3.74. The SMILES string of the molecule is COCCCN(C(=O)NCCCl)C1O[C@H](CO)[C@@H](O)[C@H](O)[C@H]1O. The number of urea groups is 1. The summed E-state index contributed by atoms with van der Waals surface area (Å²) in [6, 6.07) is -0.536. The highest BCUT2D eigenvalue weighted by atomic mass is 35.5. The number of ether oxygens (including phenoxy) is 2. The molecule has 1 heterocycles. The Morgan fingerprint density at radius 1 is 1.30 bits per heavy atom. The molecule has 0 aromatic carbocycles. The standard InChI is InChI=1S/C13H25ClN2O7/c1-22-6-2-5-16(13(21)15-4-3-14)12-11(20)10(19)9(18)8(7-17)23-12/h8-12,17-20H,2-7H2,1H3,(H,15,21)/t8-,9-,10+,11-,12?/m1/s1. The Balaban J connectivity index is 2.86. The van der Waals surface area contributed by atoms with Crippen LogP contribution in [0, 0.1) is 0 Å². The number of halogens is 1. The zero-order valence-corrected chi connectivity index (χ0v) is 13.7. The van der Waals surface area contributed by atoms with Crippen molar-refractivity contribution < 1.29 is 34.7 Å². The van der Waals surface area contributed by atoms with E-state index >= 15 is 0 Å². The van der Waals surface area contributed by atoms with Gasteiger partial charge in [-0.2, -0.15) is 0 Å². The highest BCUT2D eigenvalue weighted by Crippen LogP contribution is 2.24. The number of aliphatic hydroxyl groups excluding tert-OH is 4. The summed E-state index contributed by atoms with van der Waals surface area (Å²) in [6.07, 6.45) is -6.35. The molecule has 0 aliphatic carbocycles. The number of nitrogens with zero attached hydrogens (tertiary/aromatic N) is 1. The Hall–Kier alpha value is -0.680. The van der Waals surface area contributed by atoms with Crippen molar-refractivity contribution in [1.29, 1.82) is 0 Å². The van der Waals surface area contributed by atoms with Crippen LogP contribution in [0.1, 0.15) is 6.42 Å². The Labute approximate surface area is 139 Å². The predicted molar refractivity (Wildman–Crippen MR) is 81.1 cm³/mol. The number of alkyl halides is 1. The number of nitrogens with one attached hydrogen (secondary N) is 1. The van der Waals surface area contributed by atoms with Gasteiger partial charge in [0.2, 0.25) is 0 Å². The average Bonchev–Trinajstić information content (AvgIpc) is 2.55. The maximum atomic E-state index is 12.2. The van der Waals surface area contributed by atoms with Gasteiger partial charge < -0.3 is 35.2 Å². The number of rotatable bonds is 8. The van der Waals surface area contributed by atoms with Crippen molar-refractivity contribution in [3.05, 3.63) is 0 Å². The second kappa shape index (κ2) is 10.2. The van der Waals surface area contributed by atoms with Crippen LogP contribution < -0.4 is 5.32 Å². The number of carbonyl (C=O) groups excluding carboxylic acids is 1. The molecule has 1 fully saturated rings. The van der Waals surface area contributed by atoms with Gasteiger partial charge >= 0.3 is 6.03 Å². The van der Waals surface area contributed by atoms with Crippen molar-refractivity contribution in [2.45, 2.75) is 37.1 Å². The smallest absolute Gasteiger partial charge is 0.319 e. The van der Waals surface area contributed by atoms with E-state index in [-0.39, 0.29) is 19.0 Å². The third kappa shape index (κ3) is 5.42. The van der Waals surface area contributed by atoms with Gasteiger partial charge in [0, 0.05) is 32.7 Å². The van der Waals surface area contributed by atoms with Crippen molar-refractivity contribution in [2.75, 3.05) is 39.3 Å². The van der Waals surface area contributed by atoms with Crippen molar-refractivity contribution >= 4 is 17.6 Å². The molecule has 0 saturated carbocycles. The Bertz CT molecular complexity index is 361. The van der Waals surface area contributed by atoms with Crippen LogP contribution in [0.2, 0.25) is 0 Å². The molecule has 9 nitrogen and oxygen atoms in total. The maximum Gasteiger partial charge on any atom is 0.319 e. The van der Waals surface area contributed by atoms with Crippen LogP contribution in [-0.4, -0.2) is 101 Å². The second-order valence-corrected chi connectivity index (χ2v) is 5.56. The monoisotopic (exact) mass is 356 g/mol. The molecular formula is C13H25ClN2O7. The minimum Gasteiger partial charge on any atom is -0.394 e. The van der Waals surface area contributed by atoms with Gasteiger partial charge in [0.25, 0.3) is 0 Å². The molecule has 0 aromatic rings. The van der Waals surface area contributed by atoms with E-state index in [4.69, 9.17) is 21.1 Å². The molecule has 0 radical (unpaired) electrons. The van der Waals surface area contributed by atoms with Crippen LogP contribution in [0.3, 0.4) is 0 Å². The summed E-state index contributed by atoms with van der Waals surface area (Å²) in [5.74, 6) is 0.215. The molecule has 1 aliphatic rings. The van der Waals surface area contributed by atoms with Crippen molar-refractivity contribution in [3.8, 4) is 0 Å². The number of aliphatic hydroxyl groups is 4. The molecule has 5 atom stereocenters. The van der Waals surface area contributed by atoms with E-state index in [0.717, 1.165) is 0 Å². The Morgan fingerprint density at radius 3 is 2.57 bits per heavy atom. The molecule has 0 aromatic heterocycles. The largest absolute Gasteiger partial charge is 0.394 e. The van der Waals surface area contributed by atoms with Crippen LogP contribution in [-0.2, 0) is 9.47 Å². The van der Waals surface area contributed by atoms with E-state index in [9.17, 15) is 25.2 Å². The number of hydrogen-bond donors (Lipinski definition) is 5. The molecule has 10 heteroatoms. The molecular weight excluding hydrogens is 332 g/mol. The first-order valence-electron chi connectivity index (χ1n) is 7.37. The summed E-state index contributed by atoms with van der Waals surface area (Å²) in [4.78, 5) is 13.4. The number of amides is 2. The van der Waals surface area contributed by atoms with Crippen molar-refractivity contribution in [1.82, 2.24) is 10.2 Å². The lowest BCUT2D eigenvalue weighted by Crippen LogP contribution is -2.65. The van der Waals surface area contributed by atoms with Crippen LogP contribution in [0.25, 0.3) is 0 Å². The summed E-state index contributed by atoms with van der Waals surface area (Å²) in [7, 11) is 1.52. The molecule has 5 N–H and O–H groups in total. The summed E-state index contributed by atoms with van der Waals surface area (Å²) in [5.41, 5.74) is 0. The fraction of sp³-hybridized carbons (Fsp3) is 0.923. The molecule has 23 heavy (non-hydrogen) atoms. The molecule has 1 aliphatic heterocycles. The van der Waals surface area contributed by atoms with Crippen LogP contribution in [0.5, 0.6) is 0 Å². The fourth-order valence-corrected chi connectivity index (χ4v) is 2.41. The van der Waals surface area contributed by atoms with Gasteiger partial charge in [0.1, 0.15) is 24.4 Å². The molecule has 1 saturated heterocycles. The summed E-state index contributed by atoms with van der Waals surface area (Å²) < 4.78 is 10.3. The Kier molecular flexibility index (Phi) is 9.07. The molecule has 0 bridgehead atoms. The zero-order chi connectivity index (χ0) is 17.4. The lowest BCUT2D eigenvalue weighted by atomic mass is 9.98. The predicted octanol–water partition coefficient (Wildman–Crippen LogP) is -1.93. The van der Waals surface area contributed by atoms with E-state index in [2.05, 4.69) is 5.32 Å². The first-order valence-corrected chi connectivity index (χ1v) is 7.91. The first kappa shape index (κ1) is 20.4. The number of hydrogen-bond acceptors (Lipinski definition) is 7. The van der Waals surface area contributed by atoms with E-state index in [1.165, 1.54) is 12.0 Å². The van der Waals surface area contributed by atoms with Gasteiger partial charge in [0.05, 0.1) is 6.61 Å². The zero-order valence-electron chi connectivity index (χ0n) is 13.0.